The predicted molar refractivity (Wildman–Crippen MR) is 42.1 cm³/mol. The molecule has 0 amide bonds. The van der Waals surface area contributed by atoms with Crippen LogP contribution in [0.1, 0.15) is 11.4 Å². The summed E-state index contributed by atoms with van der Waals surface area (Å²) in [6.45, 7) is 0. The molecule has 0 N–H and O–H groups in total. The molecule has 1 aromatic rings. The molecule has 6 heteroatoms. The summed E-state index contributed by atoms with van der Waals surface area (Å²) >= 11 is 0. The van der Waals surface area contributed by atoms with Crippen LogP contribution in [0.4, 0.5) is 13.2 Å². The zero-order chi connectivity index (χ0) is 10.6. The maximum absolute atomic E-state index is 12.0. The van der Waals surface area contributed by atoms with Crippen LogP contribution in [0.3, 0.4) is 0 Å². The largest absolute Gasteiger partial charge is 0.451 e. The monoisotopic (exact) mass is 202 g/mol. The van der Waals surface area contributed by atoms with Crippen molar-refractivity contribution in [3.8, 4) is 0 Å². The van der Waals surface area contributed by atoms with Gasteiger partial charge in [-0.3, -0.25) is 4.79 Å². The molecule has 3 nitrogen and oxygen atoms in total. The summed E-state index contributed by atoms with van der Waals surface area (Å²) in [6.07, 6.45) is 0.426. The van der Waals surface area contributed by atoms with Gasteiger partial charge in [0, 0.05) is 18.0 Å². The van der Waals surface area contributed by atoms with Crippen molar-refractivity contribution in [2.24, 2.45) is 0 Å². The van der Waals surface area contributed by atoms with Crippen LogP contribution in [0.15, 0.2) is 18.5 Å². The summed E-state index contributed by atoms with van der Waals surface area (Å²) in [6, 6.07) is 0. The second-order valence-corrected chi connectivity index (χ2v) is 2.33. The maximum Gasteiger partial charge on any atom is 0.451 e. The molecule has 0 fully saturated rings. The van der Waals surface area contributed by atoms with Crippen molar-refractivity contribution in [3.05, 3.63) is 29.9 Å². The van der Waals surface area contributed by atoms with Gasteiger partial charge in [-0.2, -0.15) is 13.2 Å². The average molecular weight is 202 g/mol. The van der Waals surface area contributed by atoms with Gasteiger partial charge in [0.15, 0.2) is 0 Å². The van der Waals surface area contributed by atoms with E-state index in [4.69, 9.17) is 0 Å². The van der Waals surface area contributed by atoms with Crippen molar-refractivity contribution in [2.75, 3.05) is 0 Å². The Kier molecular flexibility index (Phi) is 2.95. The number of rotatable bonds is 2. The Morgan fingerprint density at radius 3 is 2.21 bits per heavy atom. The minimum Gasteiger partial charge on any atom is -0.299 e. The molecule has 0 bridgehead atoms. The molecular formula is C8H5F3N2O. The van der Waals surface area contributed by atoms with E-state index in [1.807, 2.05) is 0 Å². The molecule has 0 aromatic carbocycles. The summed E-state index contributed by atoms with van der Waals surface area (Å²) in [4.78, 5) is 16.1. The molecule has 0 aliphatic rings. The number of carbonyl (C=O) groups excluding carboxylic acids is 1. The van der Waals surface area contributed by atoms with Crippen molar-refractivity contribution in [2.45, 2.75) is 6.18 Å². The minimum absolute atomic E-state index is 0.338. The lowest BCUT2D eigenvalue weighted by Crippen LogP contribution is -2.10. The number of hydrogen-bond donors (Lipinski definition) is 0. The van der Waals surface area contributed by atoms with Gasteiger partial charge in [0.25, 0.3) is 0 Å². The zero-order valence-electron chi connectivity index (χ0n) is 6.82. The summed E-state index contributed by atoms with van der Waals surface area (Å²) in [5, 5.41) is 0. The molecule has 0 saturated carbocycles. The first kappa shape index (κ1) is 10.4. The van der Waals surface area contributed by atoms with E-state index in [9.17, 15) is 18.0 Å². The van der Waals surface area contributed by atoms with Crippen LogP contribution in [-0.2, 0) is 11.0 Å². The fraction of sp³-hybridized carbons (Fsp3) is 0.125. The lowest BCUT2D eigenvalue weighted by Gasteiger charge is -2.02. The van der Waals surface area contributed by atoms with Crippen molar-refractivity contribution < 1.29 is 18.0 Å². The lowest BCUT2D eigenvalue weighted by atomic mass is 10.3. The van der Waals surface area contributed by atoms with E-state index in [1.54, 1.807) is 0 Å². The van der Waals surface area contributed by atoms with E-state index in [1.165, 1.54) is 6.08 Å². The number of carbonyl (C=O) groups is 1. The smallest absolute Gasteiger partial charge is 0.299 e. The van der Waals surface area contributed by atoms with E-state index >= 15 is 0 Å². The summed E-state index contributed by atoms with van der Waals surface area (Å²) < 4.78 is 35.9. The number of alkyl halides is 3. The Balaban J connectivity index is 2.89. The van der Waals surface area contributed by atoms with Crippen molar-refractivity contribution in [1.29, 1.82) is 0 Å². The van der Waals surface area contributed by atoms with Gasteiger partial charge in [0.2, 0.25) is 5.82 Å². The third kappa shape index (κ3) is 2.65. The van der Waals surface area contributed by atoms with E-state index in [0.717, 1.165) is 18.5 Å². The predicted octanol–water partition coefficient (Wildman–Crippen LogP) is 1.71. The second kappa shape index (κ2) is 3.99. The lowest BCUT2D eigenvalue weighted by molar-refractivity contribution is -0.145. The number of allylic oxidation sites excluding steroid dienone is 1. The summed E-state index contributed by atoms with van der Waals surface area (Å²) in [5.41, 5.74) is 0.338. The average Bonchev–Trinajstić information content (AvgIpc) is 2.14. The van der Waals surface area contributed by atoms with Crippen molar-refractivity contribution >= 4 is 12.4 Å². The van der Waals surface area contributed by atoms with Gasteiger partial charge in [0.05, 0.1) is 0 Å². The first-order valence-corrected chi connectivity index (χ1v) is 3.55. The number of aldehydes is 1. The van der Waals surface area contributed by atoms with Gasteiger partial charge in [-0.1, -0.05) is 0 Å². The molecule has 14 heavy (non-hydrogen) atoms. The van der Waals surface area contributed by atoms with Crippen molar-refractivity contribution in [1.82, 2.24) is 9.97 Å². The molecule has 1 aromatic heterocycles. The van der Waals surface area contributed by atoms with Crippen LogP contribution in [-0.4, -0.2) is 16.3 Å². The Labute approximate surface area is 77.3 Å². The summed E-state index contributed by atoms with van der Waals surface area (Å²) in [7, 11) is 0. The van der Waals surface area contributed by atoms with Crippen molar-refractivity contribution in [3.63, 3.8) is 0 Å². The molecule has 0 aliphatic carbocycles. The highest BCUT2D eigenvalue weighted by molar-refractivity contribution is 5.73. The number of hydrogen-bond acceptors (Lipinski definition) is 3. The van der Waals surface area contributed by atoms with Gasteiger partial charge in [-0.15, -0.1) is 0 Å². The summed E-state index contributed by atoms with van der Waals surface area (Å²) in [5.74, 6) is -1.19. The van der Waals surface area contributed by atoms with Gasteiger partial charge < -0.3 is 0 Å². The fourth-order valence-corrected chi connectivity index (χ4v) is 0.721. The molecule has 74 valence electrons. The topological polar surface area (TPSA) is 42.9 Å². The van der Waals surface area contributed by atoms with Gasteiger partial charge >= 0.3 is 6.18 Å². The van der Waals surface area contributed by atoms with Crippen LogP contribution in [0, 0.1) is 0 Å². The fourth-order valence-electron chi connectivity index (χ4n) is 0.721. The molecule has 0 unspecified atom stereocenters. The molecule has 0 atom stereocenters. The SMILES string of the molecule is O=CC=Cc1cnc(C(F)(F)F)nc1. The van der Waals surface area contributed by atoms with E-state index in [0.29, 0.717) is 11.8 Å². The van der Waals surface area contributed by atoms with Gasteiger partial charge in [-0.25, -0.2) is 9.97 Å². The molecule has 1 rings (SSSR count). The molecule has 0 radical (unpaired) electrons. The third-order valence-corrected chi connectivity index (χ3v) is 1.29. The van der Waals surface area contributed by atoms with Crippen LogP contribution in [0.5, 0.6) is 0 Å². The van der Waals surface area contributed by atoms with Gasteiger partial charge in [0.1, 0.15) is 6.29 Å². The van der Waals surface area contributed by atoms with Crippen LogP contribution >= 0.6 is 0 Å². The Morgan fingerprint density at radius 2 is 1.79 bits per heavy atom. The first-order chi connectivity index (χ1) is 6.54. The number of nitrogens with zero attached hydrogens (tertiary/aromatic N) is 2. The first-order valence-electron chi connectivity index (χ1n) is 3.55. The Bertz CT molecular complexity index is 343. The molecule has 0 aliphatic heterocycles. The highest BCUT2D eigenvalue weighted by atomic mass is 19.4. The molecule has 0 spiro atoms. The highest BCUT2D eigenvalue weighted by Gasteiger charge is 2.34. The minimum atomic E-state index is -4.53. The molecule has 0 saturated heterocycles. The quantitative estimate of drug-likeness (QED) is 0.541. The van der Waals surface area contributed by atoms with Crippen LogP contribution in [0.25, 0.3) is 6.08 Å². The molecular weight excluding hydrogens is 197 g/mol. The third-order valence-electron chi connectivity index (χ3n) is 1.29. The highest BCUT2D eigenvalue weighted by Crippen LogP contribution is 2.25. The normalized spacial score (nSPS) is 11.9. The number of halogens is 3. The Hall–Kier alpha value is -1.72. The Morgan fingerprint density at radius 1 is 1.21 bits per heavy atom. The molecule has 1 heterocycles. The van der Waals surface area contributed by atoms with E-state index in [-0.39, 0.29) is 0 Å². The number of aromatic nitrogens is 2. The second-order valence-electron chi connectivity index (χ2n) is 2.33. The maximum atomic E-state index is 12.0. The van der Waals surface area contributed by atoms with E-state index < -0.39 is 12.0 Å². The van der Waals surface area contributed by atoms with E-state index in [2.05, 4.69) is 9.97 Å². The van der Waals surface area contributed by atoms with Crippen LogP contribution in [0.2, 0.25) is 0 Å². The van der Waals surface area contributed by atoms with Gasteiger partial charge in [-0.05, 0) is 12.2 Å². The van der Waals surface area contributed by atoms with Crippen LogP contribution < -0.4 is 0 Å². The zero-order valence-corrected chi connectivity index (χ0v) is 6.82. The standard InChI is InChI=1S/C8H5F3N2O/c9-8(10,11)7-12-4-6(5-13-7)2-1-3-14/h1-5H.